The number of para-hydroxylation sites is 2. The maximum atomic E-state index is 13.6. The number of nitrogens with zero attached hydrogens (tertiary/aromatic N) is 1. The third-order valence-electron chi connectivity index (χ3n) is 5.67. The first kappa shape index (κ1) is 27.1. The summed E-state index contributed by atoms with van der Waals surface area (Å²) in [4.78, 5) is 28.6. The lowest BCUT2D eigenvalue weighted by Crippen LogP contribution is -2.52. The highest BCUT2D eigenvalue weighted by atomic mass is 35.5. The molecule has 0 heterocycles. The summed E-state index contributed by atoms with van der Waals surface area (Å²) in [5.74, 6) is 0.702. The first-order valence-electron chi connectivity index (χ1n) is 12.0. The molecule has 0 radical (unpaired) electrons. The quantitative estimate of drug-likeness (QED) is 0.368. The molecule has 0 fully saturated rings. The van der Waals surface area contributed by atoms with Crippen molar-refractivity contribution in [1.82, 2.24) is 10.2 Å². The molecule has 1 atom stereocenters. The van der Waals surface area contributed by atoms with Crippen molar-refractivity contribution in [2.24, 2.45) is 5.92 Å². The first-order valence-corrected chi connectivity index (χ1v) is 12.4. The van der Waals surface area contributed by atoms with Crippen LogP contribution in [0.2, 0.25) is 5.02 Å². The lowest BCUT2D eigenvalue weighted by molar-refractivity contribution is -0.142. The largest absolute Gasteiger partial charge is 0.493 e. The fourth-order valence-corrected chi connectivity index (χ4v) is 3.94. The second-order valence-electron chi connectivity index (χ2n) is 8.90. The van der Waals surface area contributed by atoms with Crippen molar-refractivity contribution >= 4 is 23.4 Å². The number of carbonyl (C=O) groups excluding carboxylic acids is 2. The molecule has 0 aliphatic carbocycles. The second-order valence-corrected chi connectivity index (χ2v) is 9.30. The van der Waals surface area contributed by atoms with Crippen LogP contribution in [0.3, 0.4) is 0 Å². The average Bonchev–Trinajstić information content (AvgIpc) is 2.89. The van der Waals surface area contributed by atoms with Crippen LogP contribution in [0.25, 0.3) is 0 Å². The van der Waals surface area contributed by atoms with Crippen LogP contribution < -0.4 is 14.8 Å². The molecule has 1 N–H and O–H groups in total. The van der Waals surface area contributed by atoms with Gasteiger partial charge in [-0.1, -0.05) is 86.1 Å². The van der Waals surface area contributed by atoms with Gasteiger partial charge in [0.25, 0.3) is 5.91 Å². The van der Waals surface area contributed by atoms with Crippen molar-refractivity contribution in [3.8, 4) is 11.5 Å². The molecule has 0 aliphatic rings. The number of rotatable bonds is 12. The Hall–Kier alpha value is -3.51. The number of methoxy groups -OCH3 is 1. The van der Waals surface area contributed by atoms with Crippen molar-refractivity contribution in [2.75, 3.05) is 20.3 Å². The number of carbonyl (C=O) groups is 2. The first-order chi connectivity index (χ1) is 17.4. The van der Waals surface area contributed by atoms with Crippen LogP contribution >= 0.6 is 11.6 Å². The molecule has 3 aromatic rings. The van der Waals surface area contributed by atoms with Gasteiger partial charge < -0.3 is 19.7 Å². The van der Waals surface area contributed by atoms with E-state index in [1.165, 1.54) is 0 Å². The van der Waals surface area contributed by atoms with Gasteiger partial charge in [-0.15, -0.1) is 0 Å². The molecule has 3 aromatic carbocycles. The van der Waals surface area contributed by atoms with E-state index in [1.807, 2.05) is 68.4 Å². The SMILES string of the molecule is COc1ccccc1OCC(=O)N(Cc1ccccc1Cl)[C@H](Cc1ccccc1)C(=O)NCC(C)C. The van der Waals surface area contributed by atoms with Crippen LogP contribution in [-0.4, -0.2) is 43.0 Å². The van der Waals surface area contributed by atoms with E-state index in [2.05, 4.69) is 5.32 Å². The van der Waals surface area contributed by atoms with Crippen LogP contribution in [0.5, 0.6) is 11.5 Å². The van der Waals surface area contributed by atoms with E-state index in [0.29, 0.717) is 29.5 Å². The molecule has 0 aromatic heterocycles. The van der Waals surface area contributed by atoms with Crippen LogP contribution in [0.15, 0.2) is 78.9 Å². The number of benzene rings is 3. The maximum Gasteiger partial charge on any atom is 0.261 e. The minimum absolute atomic E-state index is 0.167. The number of amides is 2. The molecule has 36 heavy (non-hydrogen) atoms. The van der Waals surface area contributed by atoms with Crippen molar-refractivity contribution < 1.29 is 19.1 Å². The topological polar surface area (TPSA) is 67.9 Å². The number of halogens is 1. The number of hydrogen-bond donors (Lipinski definition) is 1. The Kier molecular flexibility index (Phi) is 10.2. The molecular formula is C29H33ClN2O4. The number of nitrogens with one attached hydrogen (secondary N) is 1. The summed E-state index contributed by atoms with van der Waals surface area (Å²) >= 11 is 6.45. The Balaban J connectivity index is 1.92. The number of ether oxygens (including phenoxy) is 2. The zero-order valence-electron chi connectivity index (χ0n) is 20.9. The Labute approximate surface area is 218 Å². The fraction of sp³-hybridized carbons (Fsp3) is 0.310. The van der Waals surface area contributed by atoms with Crippen LogP contribution in [0, 0.1) is 5.92 Å². The molecule has 0 bridgehead atoms. The Morgan fingerprint density at radius 2 is 1.56 bits per heavy atom. The zero-order valence-corrected chi connectivity index (χ0v) is 21.7. The molecular weight excluding hydrogens is 476 g/mol. The minimum Gasteiger partial charge on any atom is -0.493 e. The predicted molar refractivity (Wildman–Crippen MR) is 142 cm³/mol. The van der Waals surface area contributed by atoms with E-state index in [1.54, 1.807) is 36.3 Å². The van der Waals surface area contributed by atoms with Gasteiger partial charge in [0.05, 0.1) is 7.11 Å². The highest BCUT2D eigenvalue weighted by Gasteiger charge is 2.31. The normalized spacial score (nSPS) is 11.6. The van der Waals surface area contributed by atoms with Crippen LogP contribution in [0.1, 0.15) is 25.0 Å². The van der Waals surface area contributed by atoms with E-state index in [0.717, 1.165) is 11.1 Å². The van der Waals surface area contributed by atoms with Gasteiger partial charge in [-0.2, -0.15) is 0 Å². The van der Waals surface area contributed by atoms with E-state index in [9.17, 15) is 9.59 Å². The van der Waals surface area contributed by atoms with Crippen LogP contribution in [-0.2, 0) is 22.6 Å². The van der Waals surface area contributed by atoms with Gasteiger partial charge in [0.1, 0.15) is 6.04 Å². The smallest absolute Gasteiger partial charge is 0.261 e. The molecule has 0 spiro atoms. The summed E-state index contributed by atoms with van der Waals surface area (Å²) in [6, 6.07) is 23.4. The fourth-order valence-electron chi connectivity index (χ4n) is 3.75. The highest BCUT2D eigenvalue weighted by Crippen LogP contribution is 2.26. The monoisotopic (exact) mass is 508 g/mol. The molecule has 0 aliphatic heterocycles. The third kappa shape index (κ3) is 7.75. The van der Waals surface area contributed by atoms with Gasteiger partial charge in [-0.3, -0.25) is 9.59 Å². The van der Waals surface area contributed by atoms with Crippen molar-refractivity contribution in [1.29, 1.82) is 0 Å². The Morgan fingerprint density at radius 3 is 2.22 bits per heavy atom. The molecule has 3 rings (SSSR count). The van der Waals surface area contributed by atoms with Gasteiger partial charge in [-0.25, -0.2) is 0 Å². The Morgan fingerprint density at radius 1 is 0.917 bits per heavy atom. The maximum absolute atomic E-state index is 13.6. The van der Waals surface area contributed by atoms with Crippen molar-refractivity contribution in [3.63, 3.8) is 0 Å². The summed E-state index contributed by atoms with van der Waals surface area (Å²) < 4.78 is 11.2. The summed E-state index contributed by atoms with van der Waals surface area (Å²) in [6.45, 7) is 4.48. The summed E-state index contributed by atoms with van der Waals surface area (Å²) in [5, 5.41) is 3.53. The van der Waals surface area contributed by atoms with Gasteiger partial charge in [0.15, 0.2) is 18.1 Å². The minimum atomic E-state index is -0.754. The molecule has 0 saturated carbocycles. The van der Waals surface area contributed by atoms with E-state index in [4.69, 9.17) is 21.1 Å². The number of hydrogen-bond acceptors (Lipinski definition) is 4. The van der Waals surface area contributed by atoms with Gasteiger partial charge in [0.2, 0.25) is 5.91 Å². The van der Waals surface area contributed by atoms with E-state index < -0.39 is 6.04 Å². The van der Waals surface area contributed by atoms with Crippen molar-refractivity contribution in [2.45, 2.75) is 32.9 Å². The van der Waals surface area contributed by atoms with E-state index in [-0.39, 0.29) is 30.9 Å². The predicted octanol–water partition coefficient (Wildman–Crippen LogP) is 5.14. The molecule has 2 amide bonds. The standard InChI is InChI=1S/C29H33ClN2O4/c1-21(2)18-31-29(34)25(17-22-11-5-4-6-12-22)32(19-23-13-7-8-14-24(23)30)28(33)20-36-27-16-10-9-15-26(27)35-3/h4-16,21,25H,17-20H2,1-3H3,(H,31,34)/t25-/m1/s1. The highest BCUT2D eigenvalue weighted by molar-refractivity contribution is 6.31. The summed E-state index contributed by atoms with van der Waals surface area (Å²) in [5.41, 5.74) is 1.70. The third-order valence-corrected chi connectivity index (χ3v) is 6.04. The molecule has 0 unspecified atom stereocenters. The van der Waals surface area contributed by atoms with Crippen LogP contribution in [0.4, 0.5) is 0 Å². The summed E-state index contributed by atoms with van der Waals surface area (Å²) in [7, 11) is 1.54. The molecule has 190 valence electrons. The molecule has 0 saturated heterocycles. The summed E-state index contributed by atoms with van der Waals surface area (Å²) in [6.07, 6.45) is 0.357. The second kappa shape index (κ2) is 13.5. The van der Waals surface area contributed by atoms with Gasteiger partial charge >= 0.3 is 0 Å². The van der Waals surface area contributed by atoms with E-state index >= 15 is 0 Å². The van der Waals surface area contributed by atoms with Gasteiger partial charge in [-0.05, 0) is 35.2 Å². The Bertz CT molecular complexity index is 1140. The average molecular weight is 509 g/mol. The molecule has 7 heteroatoms. The zero-order chi connectivity index (χ0) is 25.9. The lowest BCUT2D eigenvalue weighted by atomic mass is 10.0. The van der Waals surface area contributed by atoms with Crippen molar-refractivity contribution in [3.05, 3.63) is 95.0 Å². The van der Waals surface area contributed by atoms with Gasteiger partial charge in [0, 0.05) is 24.5 Å². The lowest BCUT2D eigenvalue weighted by Gasteiger charge is -2.32. The molecule has 6 nitrogen and oxygen atoms in total.